The summed E-state index contributed by atoms with van der Waals surface area (Å²) in [6, 6.07) is 18.7. The lowest BCUT2D eigenvalue weighted by molar-refractivity contribution is 0.588. The predicted octanol–water partition coefficient (Wildman–Crippen LogP) is 2.75. The summed E-state index contributed by atoms with van der Waals surface area (Å²) in [7, 11) is -3.77. The molecule has 0 aliphatic rings. The summed E-state index contributed by atoms with van der Waals surface area (Å²) in [5.41, 5.74) is 0.614. The average molecular weight is 282 g/mol. The minimum atomic E-state index is -3.77. The van der Waals surface area contributed by atoms with E-state index in [0.717, 1.165) is 9.36 Å². The largest absolute Gasteiger partial charge is 0.269 e. The Morgan fingerprint density at radius 2 is 1.60 bits per heavy atom. The van der Waals surface area contributed by atoms with Crippen LogP contribution >= 0.6 is 0 Å². The van der Waals surface area contributed by atoms with Crippen LogP contribution in [0, 0.1) is 11.3 Å². The van der Waals surface area contributed by atoms with Gasteiger partial charge >= 0.3 is 0 Å². The summed E-state index contributed by atoms with van der Waals surface area (Å²) in [5.74, 6) is 0. The molecule has 1 heterocycles. The van der Waals surface area contributed by atoms with Gasteiger partial charge in [0.1, 0.15) is 11.8 Å². The fourth-order valence-electron chi connectivity index (χ4n) is 2.16. The zero-order valence-corrected chi connectivity index (χ0v) is 11.2. The van der Waals surface area contributed by atoms with Crippen molar-refractivity contribution in [1.82, 2.24) is 3.97 Å². The van der Waals surface area contributed by atoms with Gasteiger partial charge in [-0.15, -0.1) is 0 Å². The number of benzene rings is 2. The second-order valence-corrected chi connectivity index (χ2v) is 6.07. The van der Waals surface area contributed by atoms with E-state index in [1.807, 2.05) is 12.1 Å². The summed E-state index contributed by atoms with van der Waals surface area (Å²) in [6.45, 7) is 0. The Balaban J connectivity index is 2.38. The van der Waals surface area contributed by atoms with E-state index in [2.05, 4.69) is 0 Å². The highest BCUT2D eigenvalue weighted by atomic mass is 32.2. The lowest BCUT2D eigenvalue weighted by atomic mass is 10.2. The molecule has 0 saturated carbocycles. The Morgan fingerprint density at radius 3 is 2.30 bits per heavy atom. The zero-order chi connectivity index (χ0) is 14.2. The van der Waals surface area contributed by atoms with Gasteiger partial charge in [0.05, 0.1) is 10.4 Å². The molecule has 3 aromatic rings. The van der Waals surface area contributed by atoms with Crippen molar-refractivity contribution in [3.05, 3.63) is 66.4 Å². The summed E-state index contributed by atoms with van der Waals surface area (Å²) in [4.78, 5) is 0.165. The average Bonchev–Trinajstić information content (AvgIpc) is 2.87. The number of hydrogen-bond donors (Lipinski definition) is 0. The molecule has 0 saturated heterocycles. The van der Waals surface area contributed by atoms with Crippen molar-refractivity contribution < 1.29 is 8.42 Å². The monoisotopic (exact) mass is 282 g/mol. The van der Waals surface area contributed by atoms with E-state index in [0.29, 0.717) is 5.52 Å². The van der Waals surface area contributed by atoms with Crippen LogP contribution in [0.1, 0.15) is 5.69 Å². The molecular weight excluding hydrogens is 272 g/mol. The van der Waals surface area contributed by atoms with Crippen molar-refractivity contribution in [3.63, 3.8) is 0 Å². The van der Waals surface area contributed by atoms with Gasteiger partial charge in [-0.3, -0.25) is 0 Å². The van der Waals surface area contributed by atoms with Crippen molar-refractivity contribution in [3.8, 4) is 6.07 Å². The van der Waals surface area contributed by atoms with Gasteiger partial charge in [0.25, 0.3) is 10.0 Å². The van der Waals surface area contributed by atoms with E-state index < -0.39 is 10.0 Å². The third kappa shape index (κ3) is 1.78. The number of hydrogen-bond acceptors (Lipinski definition) is 3. The van der Waals surface area contributed by atoms with E-state index >= 15 is 0 Å². The predicted molar refractivity (Wildman–Crippen MR) is 75.7 cm³/mol. The number of fused-ring (bicyclic) bond motifs is 1. The molecule has 2 aromatic carbocycles. The molecule has 0 amide bonds. The maximum atomic E-state index is 12.7. The third-order valence-corrected chi connectivity index (χ3v) is 4.80. The highest BCUT2D eigenvalue weighted by molar-refractivity contribution is 7.90. The highest BCUT2D eigenvalue weighted by Crippen LogP contribution is 2.25. The van der Waals surface area contributed by atoms with Gasteiger partial charge in [-0.1, -0.05) is 36.4 Å². The standard InChI is InChI=1S/C15H10N2O2S/c16-11-13-10-12-6-4-5-9-15(12)17(13)20(18,19)14-7-2-1-3-8-14/h1-10H. The number of para-hydroxylation sites is 1. The van der Waals surface area contributed by atoms with Crippen LogP contribution in [0.25, 0.3) is 10.9 Å². The molecule has 0 radical (unpaired) electrons. The molecule has 0 atom stereocenters. The van der Waals surface area contributed by atoms with Gasteiger partial charge in [-0.25, -0.2) is 12.4 Å². The molecule has 98 valence electrons. The Morgan fingerprint density at radius 1 is 0.950 bits per heavy atom. The maximum absolute atomic E-state index is 12.7. The van der Waals surface area contributed by atoms with Gasteiger partial charge in [0.15, 0.2) is 0 Å². The first kappa shape index (κ1) is 12.5. The minimum Gasteiger partial charge on any atom is -0.224 e. The van der Waals surface area contributed by atoms with Gasteiger partial charge in [0.2, 0.25) is 0 Å². The first-order valence-corrected chi connectivity index (χ1v) is 7.40. The van der Waals surface area contributed by atoms with Crippen molar-refractivity contribution in [2.45, 2.75) is 4.90 Å². The van der Waals surface area contributed by atoms with Gasteiger partial charge < -0.3 is 0 Å². The molecule has 3 rings (SSSR count). The normalized spacial score (nSPS) is 11.3. The number of nitriles is 1. The molecule has 4 nitrogen and oxygen atoms in total. The van der Waals surface area contributed by atoms with Gasteiger partial charge in [-0.05, 0) is 24.3 Å². The van der Waals surface area contributed by atoms with Crippen LogP contribution in [-0.2, 0) is 10.0 Å². The van der Waals surface area contributed by atoms with Crippen LogP contribution in [0.15, 0.2) is 65.6 Å². The van der Waals surface area contributed by atoms with Crippen LogP contribution in [0.5, 0.6) is 0 Å². The second-order valence-electron chi connectivity index (χ2n) is 4.28. The van der Waals surface area contributed by atoms with Crippen molar-refractivity contribution in [2.75, 3.05) is 0 Å². The zero-order valence-electron chi connectivity index (χ0n) is 10.4. The second kappa shape index (κ2) is 4.51. The maximum Gasteiger partial charge on any atom is 0.269 e. The van der Waals surface area contributed by atoms with Crippen molar-refractivity contribution in [2.24, 2.45) is 0 Å². The molecule has 5 heteroatoms. The third-order valence-electron chi connectivity index (χ3n) is 3.06. The number of rotatable bonds is 2. The van der Waals surface area contributed by atoms with Gasteiger partial charge in [0, 0.05) is 5.39 Å². The molecule has 0 fully saturated rings. The van der Waals surface area contributed by atoms with Crippen LogP contribution in [0.2, 0.25) is 0 Å². The summed E-state index contributed by atoms with van der Waals surface area (Å²) >= 11 is 0. The lowest BCUT2D eigenvalue weighted by Gasteiger charge is -2.08. The Hall–Kier alpha value is -2.58. The van der Waals surface area contributed by atoms with E-state index in [1.54, 1.807) is 42.5 Å². The van der Waals surface area contributed by atoms with Crippen LogP contribution in [-0.4, -0.2) is 12.4 Å². The number of nitrogens with zero attached hydrogens (tertiary/aromatic N) is 2. The van der Waals surface area contributed by atoms with Crippen LogP contribution < -0.4 is 0 Å². The topological polar surface area (TPSA) is 62.9 Å². The first-order valence-electron chi connectivity index (χ1n) is 5.96. The fraction of sp³-hybridized carbons (Fsp3) is 0. The lowest BCUT2D eigenvalue weighted by Crippen LogP contribution is -2.14. The molecular formula is C15H10N2O2S. The molecule has 0 bridgehead atoms. The molecule has 1 aromatic heterocycles. The van der Waals surface area contributed by atoms with Gasteiger partial charge in [-0.2, -0.15) is 5.26 Å². The summed E-state index contributed by atoms with van der Waals surface area (Å²) in [6.07, 6.45) is 0. The van der Waals surface area contributed by atoms with E-state index in [4.69, 9.17) is 0 Å². The van der Waals surface area contributed by atoms with Crippen molar-refractivity contribution in [1.29, 1.82) is 5.26 Å². The Kier molecular flexibility index (Phi) is 2.81. The molecule has 20 heavy (non-hydrogen) atoms. The molecule has 0 aliphatic heterocycles. The summed E-state index contributed by atoms with van der Waals surface area (Å²) < 4.78 is 26.5. The molecule has 0 N–H and O–H groups in total. The molecule has 0 spiro atoms. The van der Waals surface area contributed by atoms with E-state index in [1.165, 1.54) is 12.1 Å². The highest BCUT2D eigenvalue weighted by Gasteiger charge is 2.22. The Labute approximate surface area is 116 Å². The van der Waals surface area contributed by atoms with E-state index in [-0.39, 0.29) is 10.6 Å². The van der Waals surface area contributed by atoms with Crippen molar-refractivity contribution >= 4 is 20.9 Å². The molecule has 0 unspecified atom stereocenters. The van der Waals surface area contributed by atoms with E-state index in [9.17, 15) is 13.7 Å². The van der Waals surface area contributed by atoms with Crippen LogP contribution in [0.4, 0.5) is 0 Å². The Bertz CT molecular complexity index is 919. The smallest absolute Gasteiger partial charge is 0.224 e. The number of aromatic nitrogens is 1. The SMILES string of the molecule is N#Cc1cc2ccccc2n1S(=O)(=O)c1ccccc1. The van der Waals surface area contributed by atoms with Crippen LogP contribution in [0.3, 0.4) is 0 Å². The quantitative estimate of drug-likeness (QED) is 0.726. The minimum absolute atomic E-state index is 0.107. The first-order chi connectivity index (χ1) is 9.64. The summed E-state index contributed by atoms with van der Waals surface area (Å²) in [5, 5.41) is 9.92. The molecule has 0 aliphatic carbocycles. The fourth-order valence-corrected chi connectivity index (χ4v) is 3.65.